The van der Waals surface area contributed by atoms with Crippen molar-refractivity contribution in [2.75, 3.05) is 31.3 Å². The number of carbonyl (C=O) groups is 2. The van der Waals surface area contributed by atoms with E-state index in [0.717, 1.165) is 24.8 Å². The van der Waals surface area contributed by atoms with Gasteiger partial charge < -0.3 is 24.1 Å². The smallest absolute Gasteiger partial charge is 0.301 e. The fraction of sp³-hybridized carbons (Fsp3) is 0.314. The molecule has 0 radical (unpaired) electrons. The van der Waals surface area contributed by atoms with E-state index in [4.69, 9.17) is 30.5 Å². The number of aromatic nitrogens is 2. The molecular formula is C35H34ClN3O7S2. The lowest BCUT2D eigenvalue weighted by Crippen LogP contribution is -2.29. The largest absolute Gasteiger partial charge is 0.507 e. The van der Waals surface area contributed by atoms with Crippen molar-refractivity contribution in [3.8, 4) is 23.0 Å². The number of ketones is 1. The van der Waals surface area contributed by atoms with E-state index in [9.17, 15) is 14.7 Å². The minimum absolute atomic E-state index is 0.0960. The van der Waals surface area contributed by atoms with E-state index in [1.54, 1.807) is 36.4 Å². The third kappa shape index (κ3) is 7.25. The molecule has 2 aliphatic heterocycles. The number of hydrogen-bond donors (Lipinski definition) is 1. The molecule has 1 fully saturated rings. The number of Topliss-reactive ketones (excluding diaryl/α,β-unsaturated/α-hetero) is 1. The van der Waals surface area contributed by atoms with Gasteiger partial charge in [0.15, 0.2) is 27.3 Å². The number of aliphatic hydroxyl groups is 1. The fourth-order valence-corrected chi connectivity index (χ4v) is 7.34. The Morgan fingerprint density at radius 1 is 0.979 bits per heavy atom. The van der Waals surface area contributed by atoms with Crippen LogP contribution in [0, 0.1) is 0 Å². The first kappa shape index (κ1) is 33.6. The Labute approximate surface area is 291 Å². The van der Waals surface area contributed by atoms with Gasteiger partial charge in [0.25, 0.3) is 5.78 Å². The second-order valence-corrected chi connectivity index (χ2v) is 13.6. The third-order valence-corrected chi connectivity index (χ3v) is 10.1. The van der Waals surface area contributed by atoms with Gasteiger partial charge in [0, 0.05) is 16.3 Å². The highest BCUT2D eigenvalue weighted by Crippen LogP contribution is 2.46. The minimum Gasteiger partial charge on any atom is -0.507 e. The molecule has 13 heteroatoms. The van der Waals surface area contributed by atoms with Gasteiger partial charge in [0.1, 0.15) is 19.0 Å². The molecule has 4 aromatic rings. The number of benzene rings is 3. The number of carbonyl (C=O) groups excluding carboxylic acids is 2. The molecule has 0 saturated carbocycles. The molecule has 1 atom stereocenters. The summed E-state index contributed by atoms with van der Waals surface area (Å²) >= 11 is 8.67. The number of anilines is 1. The molecule has 6 rings (SSSR count). The van der Waals surface area contributed by atoms with Crippen LogP contribution in [0.3, 0.4) is 0 Å². The molecular weight excluding hydrogens is 674 g/mol. The van der Waals surface area contributed by atoms with Crippen LogP contribution in [0.2, 0.25) is 5.02 Å². The molecule has 2 aliphatic rings. The van der Waals surface area contributed by atoms with Crippen LogP contribution < -0.4 is 23.8 Å². The molecule has 3 aromatic carbocycles. The third-order valence-electron chi connectivity index (χ3n) is 7.73. The molecule has 0 bridgehead atoms. The summed E-state index contributed by atoms with van der Waals surface area (Å²) in [4.78, 5) is 28.9. The van der Waals surface area contributed by atoms with Crippen molar-refractivity contribution < 1.29 is 33.6 Å². The van der Waals surface area contributed by atoms with Crippen LogP contribution in [0.5, 0.6) is 23.0 Å². The Morgan fingerprint density at radius 2 is 1.77 bits per heavy atom. The van der Waals surface area contributed by atoms with Crippen LogP contribution in [0.4, 0.5) is 5.13 Å². The highest BCUT2D eigenvalue weighted by molar-refractivity contribution is 8.00. The maximum absolute atomic E-state index is 13.8. The number of unbranched alkanes of at least 4 members (excludes halogenated alkanes) is 2. The molecule has 250 valence electrons. The number of thioether (sulfide) groups is 1. The Bertz CT molecular complexity index is 1830. The van der Waals surface area contributed by atoms with Crippen molar-refractivity contribution >= 4 is 57.3 Å². The average molecular weight is 708 g/mol. The van der Waals surface area contributed by atoms with E-state index in [2.05, 4.69) is 17.1 Å². The maximum atomic E-state index is 13.8. The predicted octanol–water partition coefficient (Wildman–Crippen LogP) is 7.85. The van der Waals surface area contributed by atoms with E-state index in [0.29, 0.717) is 75.7 Å². The van der Waals surface area contributed by atoms with Gasteiger partial charge in [-0.2, -0.15) is 0 Å². The van der Waals surface area contributed by atoms with Gasteiger partial charge in [-0.05, 0) is 66.9 Å². The van der Waals surface area contributed by atoms with Crippen LogP contribution in [0.25, 0.3) is 5.76 Å². The predicted molar refractivity (Wildman–Crippen MR) is 186 cm³/mol. The first-order valence-corrected chi connectivity index (χ1v) is 17.9. The standard InChI is InChI=1S/C35H34ClN3O7S2/c1-3-5-6-15-44-25-13-9-22(18-27(25)43-4-2)30-29(31(40)23-10-14-26-28(19-23)46-17-16-45-26)32(41)33(42)39(30)34-37-38-35(48-34)47-20-21-7-11-24(36)12-8-21/h7-14,18-19,30,40H,3-6,15-17,20H2,1-2H3/t30-/m1/s1. The van der Waals surface area contributed by atoms with Crippen molar-refractivity contribution in [2.24, 2.45) is 0 Å². The van der Waals surface area contributed by atoms with Gasteiger partial charge in [0.05, 0.1) is 24.8 Å². The Kier molecular flexibility index (Phi) is 10.7. The normalized spacial score (nSPS) is 16.7. The number of amides is 1. The Balaban J connectivity index is 1.40. The van der Waals surface area contributed by atoms with Gasteiger partial charge in [-0.25, -0.2) is 0 Å². The molecule has 10 nitrogen and oxygen atoms in total. The summed E-state index contributed by atoms with van der Waals surface area (Å²) in [6.07, 6.45) is 3.00. The van der Waals surface area contributed by atoms with Crippen LogP contribution in [-0.4, -0.2) is 53.4 Å². The fourth-order valence-electron chi connectivity index (χ4n) is 5.39. The SMILES string of the molecule is CCCCCOc1ccc([C@@H]2C(=C(O)c3ccc4c(c3)OCCO4)C(=O)C(=O)N2c2nnc(SCc3ccc(Cl)cc3)s2)cc1OCC. The van der Waals surface area contributed by atoms with Gasteiger partial charge in [-0.3, -0.25) is 14.5 Å². The van der Waals surface area contributed by atoms with Gasteiger partial charge >= 0.3 is 5.91 Å². The summed E-state index contributed by atoms with van der Waals surface area (Å²) < 4.78 is 24.0. The second kappa shape index (κ2) is 15.3. The molecule has 1 N–H and O–H groups in total. The number of fused-ring (bicyclic) bond motifs is 1. The van der Waals surface area contributed by atoms with Gasteiger partial charge in [-0.15, -0.1) is 10.2 Å². The Hall–Kier alpha value is -4.26. The molecule has 3 heterocycles. The summed E-state index contributed by atoms with van der Waals surface area (Å²) in [6.45, 7) is 5.65. The number of nitrogens with zero attached hydrogens (tertiary/aromatic N) is 3. The number of aliphatic hydroxyl groups excluding tert-OH is 1. The van der Waals surface area contributed by atoms with E-state index in [1.807, 2.05) is 31.2 Å². The second-order valence-electron chi connectivity index (χ2n) is 11.0. The zero-order valence-corrected chi connectivity index (χ0v) is 28.8. The maximum Gasteiger partial charge on any atom is 0.301 e. The molecule has 1 aromatic heterocycles. The zero-order valence-electron chi connectivity index (χ0n) is 26.4. The van der Waals surface area contributed by atoms with Crippen LogP contribution >= 0.6 is 34.7 Å². The summed E-state index contributed by atoms with van der Waals surface area (Å²) in [5.74, 6) is 0.560. The molecule has 0 aliphatic carbocycles. The van der Waals surface area contributed by atoms with Crippen molar-refractivity contribution in [1.29, 1.82) is 0 Å². The van der Waals surface area contributed by atoms with Crippen LogP contribution in [0.1, 0.15) is 55.8 Å². The molecule has 48 heavy (non-hydrogen) atoms. The van der Waals surface area contributed by atoms with Crippen LogP contribution in [0.15, 0.2) is 70.6 Å². The molecule has 1 saturated heterocycles. The zero-order chi connectivity index (χ0) is 33.6. The quantitative estimate of drug-likeness (QED) is 0.0367. The van der Waals surface area contributed by atoms with Crippen LogP contribution in [-0.2, 0) is 15.3 Å². The lowest BCUT2D eigenvalue weighted by molar-refractivity contribution is -0.132. The highest BCUT2D eigenvalue weighted by Gasteiger charge is 2.48. The lowest BCUT2D eigenvalue weighted by Gasteiger charge is -2.24. The van der Waals surface area contributed by atoms with Crippen molar-refractivity contribution in [1.82, 2.24) is 10.2 Å². The number of rotatable bonds is 13. The molecule has 0 unspecified atom stereocenters. The van der Waals surface area contributed by atoms with Crippen molar-refractivity contribution in [3.05, 3.63) is 87.9 Å². The van der Waals surface area contributed by atoms with Gasteiger partial charge in [-0.1, -0.05) is 72.7 Å². The van der Waals surface area contributed by atoms with E-state index >= 15 is 0 Å². The van der Waals surface area contributed by atoms with E-state index in [1.165, 1.54) is 28.0 Å². The van der Waals surface area contributed by atoms with E-state index in [-0.39, 0.29) is 16.5 Å². The van der Waals surface area contributed by atoms with Gasteiger partial charge in [0.2, 0.25) is 5.13 Å². The van der Waals surface area contributed by atoms with E-state index < -0.39 is 17.7 Å². The highest BCUT2D eigenvalue weighted by atomic mass is 35.5. The molecule has 0 spiro atoms. The number of hydrogen-bond acceptors (Lipinski definition) is 11. The topological polar surface area (TPSA) is 120 Å². The van der Waals surface area contributed by atoms with Crippen molar-refractivity contribution in [2.45, 2.75) is 49.2 Å². The summed E-state index contributed by atoms with van der Waals surface area (Å²) in [7, 11) is 0. The minimum atomic E-state index is -1.03. The monoisotopic (exact) mass is 707 g/mol. The molecule has 1 amide bonds. The van der Waals surface area contributed by atoms with Crippen molar-refractivity contribution in [3.63, 3.8) is 0 Å². The summed E-state index contributed by atoms with van der Waals surface area (Å²) in [6, 6.07) is 16.7. The first-order chi connectivity index (χ1) is 23.4. The summed E-state index contributed by atoms with van der Waals surface area (Å²) in [5, 5.41) is 21.2. The lowest BCUT2D eigenvalue weighted by atomic mass is 9.95. The first-order valence-electron chi connectivity index (χ1n) is 15.7. The number of ether oxygens (including phenoxy) is 4. The number of halogens is 1. The average Bonchev–Trinajstić information content (AvgIpc) is 3.68. The Morgan fingerprint density at radius 3 is 2.54 bits per heavy atom. The summed E-state index contributed by atoms with van der Waals surface area (Å²) in [5.41, 5.74) is 1.78.